The molecule has 0 aromatic heterocycles. The molecule has 0 N–H and O–H groups in total. The van der Waals surface area contributed by atoms with Gasteiger partial charge < -0.3 is 14.2 Å². The summed E-state index contributed by atoms with van der Waals surface area (Å²) < 4.78 is 15.6. The largest absolute Gasteiger partial charge is 0.493 e. The van der Waals surface area contributed by atoms with E-state index in [2.05, 4.69) is 0 Å². The van der Waals surface area contributed by atoms with Gasteiger partial charge in [-0.1, -0.05) is 60.7 Å². The summed E-state index contributed by atoms with van der Waals surface area (Å²) in [4.78, 5) is 24.7. The van der Waals surface area contributed by atoms with E-state index < -0.39 is 5.97 Å². The fourth-order valence-corrected chi connectivity index (χ4v) is 2.82. The van der Waals surface area contributed by atoms with E-state index >= 15 is 0 Å². The van der Waals surface area contributed by atoms with E-state index in [1.807, 2.05) is 42.5 Å². The van der Waals surface area contributed by atoms with Crippen molar-refractivity contribution in [2.24, 2.45) is 0 Å². The van der Waals surface area contributed by atoms with Crippen LogP contribution in [0.4, 0.5) is 0 Å². The van der Waals surface area contributed by atoms with Crippen molar-refractivity contribution in [2.75, 3.05) is 20.8 Å². The molecule has 5 heteroatoms. The lowest BCUT2D eigenvalue weighted by Crippen LogP contribution is -2.15. The van der Waals surface area contributed by atoms with Crippen molar-refractivity contribution in [1.29, 1.82) is 0 Å². The van der Waals surface area contributed by atoms with Crippen LogP contribution in [0.2, 0.25) is 0 Å². The van der Waals surface area contributed by atoms with Gasteiger partial charge in [-0.05, 0) is 23.3 Å². The second-order valence-corrected chi connectivity index (χ2v) is 5.98. The Morgan fingerprint density at radius 2 is 1.43 bits per heavy atom. The SMILES string of the molecule is COc1cccc(C(=O)OCC(=O)c2ccc(-c3ccccc3)cc2)c1OC. The van der Waals surface area contributed by atoms with Crippen LogP contribution in [0.15, 0.2) is 72.8 Å². The number of benzene rings is 3. The first-order valence-corrected chi connectivity index (χ1v) is 8.71. The van der Waals surface area contributed by atoms with Crippen molar-refractivity contribution >= 4 is 11.8 Å². The molecule has 3 rings (SSSR count). The number of para-hydroxylation sites is 1. The maximum atomic E-state index is 12.4. The molecule has 5 nitrogen and oxygen atoms in total. The van der Waals surface area contributed by atoms with Crippen molar-refractivity contribution in [1.82, 2.24) is 0 Å². The molecule has 142 valence electrons. The van der Waals surface area contributed by atoms with Crippen molar-refractivity contribution in [2.45, 2.75) is 0 Å². The Kier molecular flexibility index (Phi) is 6.07. The third-order valence-electron chi connectivity index (χ3n) is 4.27. The minimum Gasteiger partial charge on any atom is -0.493 e. The lowest BCUT2D eigenvalue weighted by molar-refractivity contribution is 0.0471. The predicted molar refractivity (Wildman–Crippen MR) is 106 cm³/mol. The Morgan fingerprint density at radius 1 is 0.750 bits per heavy atom. The van der Waals surface area contributed by atoms with Gasteiger partial charge in [0.1, 0.15) is 5.56 Å². The molecule has 3 aromatic carbocycles. The van der Waals surface area contributed by atoms with Crippen LogP contribution in [0.5, 0.6) is 11.5 Å². The zero-order chi connectivity index (χ0) is 19.9. The standard InChI is InChI=1S/C23H20O5/c1-26-21-10-6-9-19(22(21)27-2)23(25)28-15-20(24)18-13-11-17(12-14-18)16-7-4-3-5-8-16/h3-14H,15H2,1-2H3. The summed E-state index contributed by atoms with van der Waals surface area (Å²) in [6.45, 7) is -0.357. The fraction of sp³-hybridized carbons (Fsp3) is 0.130. The highest BCUT2D eigenvalue weighted by Crippen LogP contribution is 2.31. The molecule has 0 fully saturated rings. The Hall–Kier alpha value is -3.60. The number of hydrogen-bond donors (Lipinski definition) is 0. The van der Waals surface area contributed by atoms with Crippen molar-refractivity contribution in [3.05, 3.63) is 83.9 Å². The predicted octanol–water partition coefficient (Wildman–Crippen LogP) is 4.41. The van der Waals surface area contributed by atoms with Crippen LogP contribution >= 0.6 is 0 Å². The number of esters is 1. The third-order valence-corrected chi connectivity index (χ3v) is 4.27. The zero-order valence-corrected chi connectivity index (χ0v) is 15.7. The molecule has 0 saturated carbocycles. The summed E-state index contributed by atoms with van der Waals surface area (Å²) in [5.74, 6) is -0.241. The Balaban J connectivity index is 1.67. The van der Waals surface area contributed by atoms with Gasteiger partial charge in [0.2, 0.25) is 0 Å². The molecule has 0 aliphatic carbocycles. The molecular formula is C23H20O5. The number of methoxy groups -OCH3 is 2. The third kappa shape index (κ3) is 4.20. The summed E-state index contributed by atoms with van der Waals surface area (Å²) >= 11 is 0. The van der Waals surface area contributed by atoms with Gasteiger partial charge in [-0.15, -0.1) is 0 Å². The summed E-state index contributed by atoms with van der Waals surface area (Å²) in [6.07, 6.45) is 0. The van der Waals surface area contributed by atoms with Gasteiger partial charge in [-0.3, -0.25) is 4.79 Å². The smallest absolute Gasteiger partial charge is 0.342 e. The molecule has 0 atom stereocenters. The van der Waals surface area contributed by atoms with E-state index in [4.69, 9.17) is 14.2 Å². The van der Waals surface area contributed by atoms with Crippen LogP contribution in [0.3, 0.4) is 0 Å². The number of carbonyl (C=O) groups is 2. The van der Waals surface area contributed by atoms with Gasteiger partial charge in [-0.2, -0.15) is 0 Å². The average Bonchev–Trinajstić information content (AvgIpc) is 2.77. The van der Waals surface area contributed by atoms with E-state index in [0.29, 0.717) is 11.3 Å². The quantitative estimate of drug-likeness (QED) is 0.451. The molecule has 0 spiro atoms. The monoisotopic (exact) mass is 376 g/mol. The van der Waals surface area contributed by atoms with E-state index in [1.54, 1.807) is 30.3 Å². The lowest BCUT2D eigenvalue weighted by atomic mass is 10.0. The molecule has 3 aromatic rings. The molecule has 0 unspecified atom stereocenters. The second-order valence-electron chi connectivity index (χ2n) is 5.98. The number of rotatable bonds is 7. The van der Waals surface area contributed by atoms with Crippen LogP contribution in [-0.4, -0.2) is 32.6 Å². The minimum atomic E-state index is -0.648. The number of ether oxygens (including phenoxy) is 3. The first kappa shape index (κ1) is 19.2. The summed E-state index contributed by atoms with van der Waals surface area (Å²) in [6, 6.07) is 22.0. The molecular weight excluding hydrogens is 356 g/mol. The van der Waals surface area contributed by atoms with Gasteiger partial charge >= 0.3 is 5.97 Å². The number of carbonyl (C=O) groups excluding carboxylic acids is 2. The van der Waals surface area contributed by atoms with Crippen molar-refractivity contribution in [3.8, 4) is 22.6 Å². The van der Waals surface area contributed by atoms with Gasteiger partial charge in [0, 0.05) is 5.56 Å². The maximum Gasteiger partial charge on any atom is 0.342 e. The summed E-state index contributed by atoms with van der Waals surface area (Å²) in [5, 5.41) is 0. The van der Waals surface area contributed by atoms with Crippen molar-refractivity contribution in [3.63, 3.8) is 0 Å². The Labute approximate surface area is 163 Å². The van der Waals surface area contributed by atoms with E-state index in [1.165, 1.54) is 14.2 Å². The molecule has 0 radical (unpaired) electrons. The first-order valence-electron chi connectivity index (χ1n) is 8.71. The van der Waals surface area contributed by atoms with Crippen LogP contribution in [0.1, 0.15) is 20.7 Å². The molecule has 0 heterocycles. The van der Waals surface area contributed by atoms with Crippen LogP contribution < -0.4 is 9.47 Å². The molecule has 0 saturated heterocycles. The van der Waals surface area contributed by atoms with Crippen LogP contribution in [0, 0.1) is 0 Å². The number of Topliss-reactive ketones (excluding diaryl/α,β-unsaturated/α-hetero) is 1. The second kappa shape index (κ2) is 8.86. The van der Waals surface area contributed by atoms with E-state index in [0.717, 1.165) is 11.1 Å². The highest BCUT2D eigenvalue weighted by atomic mass is 16.5. The van der Waals surface area contributed by atoms with E-state index in [9.17, 15) is 9.59 Å². The van der Waals surface area contributed by atoms with Gasteiger partial charge in [0.05, 0.1) is 14.2 Å². The van der Waals surface area contributed by atoms with Gasteiger partial charge in [0.15, 0.2) is 23.9 Å². The molecule has 0 bridgehead atoms. The van der Waals surface area contributed by atoms with Crippen LogP contribution in [-0.2, 0) is 4.74 Å². The summed E-state index contributed by atoms with van der Waals surface area (Å²) in [5.41, 5.74) is 2.76. The molecule has 0 amide bonds. The number of hydrogen-bond acceptors (Lipinski definition) is 5. The number of ketones is 1. The van der Waals surface area contributed by atoms with Crippen molar-refractivity contribution < 1.29 is 23.8 Å². The maximum absolute atomic E-state index is 12.4. The summed E-state index contributed by atoms with van der Waals surface area (Å²) in [7, 11) is 2.92. The average molecular weight is 376 g/mol. The molecule has 0 aliphatic heterocycles. The van der Waals surface area contributed by atoms with Gasteiger partial charge in [-0.25, -0.2) is 4.79 Å². The normalized spacial score (nSPS) is 10.2. The zero-order valence-electron chi connectivity index (χ0n) is 15.7. The van der Waals surface area contributed by atoms with Gasteiger partial charge in [0.25, 0.3) is 0 Å². The molecule has 0 aliphatic rings. The topological polar surface area (TPSA) is 61.8 Å². The Bertz CT molecular complexity index is 962. The highest BCUT2D eigenvalue weighted by Gasteiger charge is 2.19. The first-order chi connectivity index (χ1) is 13.6. The van der Waals surface area contributed by atoms with E-state index in [-0.39, 0.29) is 23.7 Å². The fourth-order valence-electron chi connectivity index (χ4n) is 2.82. The lowest BCUT2D eigenvalue weighted by Gasteiger charge is -2.12. The minimum absolute atomic E-state index is 0.203. The molecule has 28 heavy (non-hydrogen) atoms. The highest BCUT2D eigenvalue weighted by molar-refractivity contribution is 6.00. The van der Waals surface area contributed by atoms with Crippen LogP contribution in [0.25, 0.3) is 11.1 Å². The Morgan fingerprint density at radius 3 is 2.07 bits per heavy atom.